The summed E-state index contributed by atoms with van der Waals surface area (Å²) in [6, 6.07) is 8.83. The van der Waals surface area contributed by atoms with Crippen molar-refractivity contribution in [1.82, 2.24) is 15.5 Å². The maximum absolute atomic E-state index is 13.3. The highest BCUT2D eigenvalue weighted by Crippen LogP contribution is 2.38. The van der Waals surface area contributed by atoms with Crippen molar-refractivity contribution in [2.45, 2.75) is 63.7 Å². The van der Waals surface area contributed by atoms with Gasteiger partial charge in [-0.25, -0.2) is 0 Å². The second-order valence-electron chi connectivity index (χ2n) is 10.4. The third-order valence-corrected chi connectivity index (χ3v) is 7.84. The molecule has 2 heterocycles. The number of nitrogens with one attached hydrogen (secondary N) is 2. The van der Waals surface area contributed by atoms with Gasteiger partial charge in [0.25, 0.3) is 0 Å². The predicted octanol–water partition coefficient (Wildman–Crippen LogP) is 1.35. The van der Waals surface area contributed by atoms with Gasteiger partial charge >= 0.3 is 0 Å². The number of primary amides is 1. The maximum Gasteiger partial charge on any atom is 0.242 e. The van der Waals surface area contributed by atoms with Crippen LogP contribution in [0.25, 0.3) is 0 Å². The molecule has 9 nitrogen and oxygen atoms in total. The van der Waals surface area contributed by atoms with Crippen LogP contribution in [0, 0.1) is 11.3 Å². The van der Waals surface area contributed by atoms with Crippen molar-refractivity contribution in [3.8, 4) is 0 Å². The first-order valence-corrected chi connectivity index (χ1v) is 13.3. The molecular weight excluding hydrogens is 460 g/mol. The van der Waals surface area contributed by atoms with Gasteiger partial charge in [0.05, 0.1) is 13.2 Å². The summed E-state index contributed by atoms with van der Waals surface area (Å²) in [4.78, 5) is 41.0. The number of benzene rings is 1. The third-order valence-electron chi connectivity index (χ3n) is 7.84. The van der Waals surface area contributed by atoms with E-state index in [0.29, 0.717) is 31.7 Å². The van der Waals surface area contributed by atoms with Crippen molar-refractivity contribution in [2.75, 3.05) is 39.4 Å². The average Bonchev–Trinajstić information content (AvgIpc) is 3.41. The van der Waals surface area contributed by atoms with E-state index in [0.717, 1.165) is 70.5 Å². The largest absolute Gasteiger partial charge is 0.369 e. The Kier molecular flexibility index (Phi) is 9.34. The Morgan fingerprint density at radius 3 is 2.33 bits per heavy atom. The van der Waals surface area contributed by atoms with Crippen LogP contribution < -0.4 is 16.4 Å². The monoisotopic (exact) mass is 500 g/mol. The quantitative estimate of drug-likeness (QED) is 0.417. The molecule has 1 aromatic rings. The van der Waals surface area contributed by atoms with Crippen molar-refractivity contribution in [1.29, 1.82) is 0 Å². The Balaban J connectivity index is 1.30. The highest BCUT2D eigenvalue weighted by atomic mass is 16.7. The number of likely N-dealkylation sites (tertiary alicyclic amines) is 1. The van der Waals surface area contributed by atoms with Crippen molar-refractivity contribution in [2.24, 2.45) is 17.1 Å². The second-order valence-corrected chi connectivity index (χ2v) is 10.4. The molecule has 1 saturated carbocycles. The molecule has 1 aliphatic carbocycles. The molecule has 1 atom stereocenters. The minimum absolute atomic E-state index is 0.138. The molecule has 2 aliphatic heterocycles. The zero-order chi connectivity index (χ0) is 25.4. The van der Waals surface area contributed by atoms with Crippen LogP contribution in [0.5, 0.6) is 0 Å². The molecule has 198 valence electrons. The van der Waals surface area contributed by atoms with E-state index in [4.69, 9.17) is 15.2 Å². The zero-order valence-electron chi connectivity index (χ0n) is 21.1. The number of nitrogens with two attached hydrogens (primary N) is 1. The Bertz CT molecular complexity index is 875. The molecule has 1 aromatic carbocycles. The van der Waals surface area contributed by atoms with Gasteiger partial charge in [-0.2, -0.15) is 0 Å². The number of ether oxygens (including phenoxy) is 2. The number of rotatable bonds is 10. The highest BCUT2D eigenvalue weighted by Gasteiger charge is 2.47. The summed E-state index contributed by atoms with van der Waals surface area (Å²) in [6.07, 6.45) is 5.56. The third kappa shape index (κ3) is 6.83. The van der Waals surface area contributed by atoms with E-state index in [-0.39, 0.29) is 12.2 Å². The van der Waals surface area contributed by atoms with Gasteiger partial charge in [0, 0.05) is 19.5 Å². The molecule has 36 heavy (non-hydrogen) atoms. The standard InChI is InChI=1S/C27H40N4O5/c28-25(33)27(11-4-5-12-27)26(34)30-22(17-20-7-2-1-3-8-20)24(32)29-18-21-9-13-31(14-10-21)19-23-35-15-6-16-36-23/h1-3,7-8,21-23H,4-6,9-19H2,(H2,28,33)(H,29,32)(H,30,34)/t22-/m1/s1. The minimum atomic E-state index is -1.21. The lowest BCUT2D eigenvalue weighted by molar-refractivity contribution is -0.187. The smallest absolute Gasteiger partial charge is 0.242 e. The molecule has 3 fully saturated rings. The molecule has 0 unspecified atom stereocenters. The Morgan fingerprint density at radius 1 is 1.03 bits per heavy atom. The van der Waals surface area contributed by atoms with E-state index in [1.165, 1.54) is 0 Å². The van der Waals surface area contributed by atoms with E-state index in [9.17, 15) is 14.4 Å². The van der Waals surface area contributed by atoms with Gasteiger partial charge in [0.2, 0.25) is 17.7 Å². The maximum atomic E-state index is 13.3. The normalized spacial score (nSPS) is 22.1. The lowest BCUT2D eigenvalue weighted by Gasteiger charge is -2.35. The van der Waals surface area contributed by atoms with Crippen LogP contribution in [0.15, 0.2) is 30.3 Å². The summed E-state index contributed by atoms with van der Waals surface area (Å²) in [5, 5.41) is 5.95. The Labute approximate surface area is 213 Å². The number of nitrogens with zero attached hydrogens (tertiary/aromatic N) is 1. The molecule has 2 saturated heterocycles. The van der Waals surface area contributed by atoms with Gasteiger partial charge in [-0.1, -0.05) is 43.2 Å². The lowest BCUT2D eigenvalue weighted by atomic mass is 9.84. The minimum Gasteiger partial charge on any atom is -0.369 e. The summed E-state index contributed by atoms with van der Waals surface area (Å²) in [5.41, 5.74) is 5.37. The van der Waals surface area contributed by atoms with Gasteiger partial charge in [0.15, 0.2) is 6.29 Å². The highest BCUT2D eigenvalue weighted by molar-refractivity contribution is 6.05. The number of amides is 3. The molecule has 0 bridgehead atoms. The molecule has 0 aromatic heterocycles. The first-order chi connectivity index (χ1) is 17.5. The van der Waals surface area contributed by atoms with Crippen LogP contribution in [0.2, 0.25) is 0 Å². The summed E-state index contributed by atoms with van der Waals surface area (Å²) in [7, 11) is 0. The number of carbonyl (C=O) groups is 3. The molecular formula is C27H40N4O5. The van der Waals surface area contributed by atoms with Gasteiger partial charge in [-0.05, 0) is 56.7 Å². The summed E-state index contributed by atoms with van der Waals surface area (Å²) in [5.74, 6) is -0.884. The molecule has 0 radical (unpaired) electrons. The van der Waals surface area contributed by atoms with Crippen LogP contribution >= 0.6 is 0 Å². The van der Waals surface area contributed by atoms with Crippen molar-refractivity contribution in [3.05, 3.63) is 35.9 Å². The van der Waals surface area contributed by atoms with Gasteiger partial charge in [-0.15, -0.1) is 0 Å². The van der Waals surface area contributed by atoms with E-state index < -0.39 is 23.3 Å². The van der Waals surface area contributed by atoms with Crippen LogP contribution in [0.1, 0.15) is 50.5 Å². The molecule has 9 heteroatoms. The van der Waals surface area contributed by atoms with E-state index in [1.54, 1.807) is 0 Å². The summed E-state index contributed by atoms with van der Waals surface area (Å²) >= 11 is 0. The van der Waals surface area contributed by atoms with Crippen molar-refractivity contribution in [3.63, 3.8) is 0 Å². The number of piperidine rings is 1. The van der Waals surface area contributed by atoms with E-state index >= 15 is 0 Å². The van der Waals surface area contributed by atoms with E-state index in [1.807, 2.05) is 30.3 Å². The van der Waals surface area contributed by atoms with Crippen molar-refractivity contribution >= 4 is 17.7 Å². The number of hydrogen-bond acceptors (Lipinski definition) is 6. The topological polar surface area (TPSA) is 123 Å². The molecule has 4 N–H and O–H groups in total. The fraction of sp³-hybridized carbons (Fsp3) is 0.667. The number of carbonyl (C=O) groups excluding carboxylic acids is 3. The molecule has 0 spiro atoms. The van der Waals surface area contributed by atoms with Gasteiger partial charge in [-0.3, -0.25) is 19.3 Å². The summed E-state index contributed by atoms with van der Waals surface area (Å²) in [6.45, 7) is 4.74. The van der Waals surface area contributed by atoms with Gasteiger partial charge < -0.3 is 25.8 Å². The van der Waals surface area contributed by atoms with Crippen molar-refractivity contribution < 1.29 is 23.9 Å². The van der Waals surface area contributed by atoms with Crippen LogP contribution in [-0.2, 0) is 30.3 Å². The SMILES string of the molecule is NC(=O)C1(C(=O)N[C@H](Cc2ccccc2)C(=O)NCC2CCN(CC3OCCCO3)CC2)CCCC1. The molecule has 3 aliphatic rings. The first kappa shape index (κ1) is 26.6. The molecule has 3 amide bonds. The fourth-order valence-corrected chi connectivity index (χ4v) is 5.51. The predicted molar refractivity (Wildman–Crippen MR) is 135 cm³/mol. The Morgan fingerprint density at radius 2 is 1.69 bits per heavy atom. The van der Waals surface area contributed by atoms with E-state index in [2.05, 4.69) is 15.5 Å². The van der Waals surface area contributed by atoms with Crippen LogP contribution in [0.3, 0.4) is 0 Å². The number of hydrogen-bond donors (Lipinski definition) is 3. The summed E-state index contributed by atoms with van der Waals surface area (Å²) < 4.78 is 11.3. The lowest BCUT2D eigenvalue weighted by Crippen LogP contribution is -2.55. The second kappa shape index (κ2) is 12.7. The Hall–Kier alpha value is -2.49. The fourth-order valence-electron chi connectivity index (χ4n) is 5.51. The van der Waals surface area contributed by atoms with Crippen LogP contribution in [-0.4, -0.2) is 74.3 Å². The van der Waals surface area contributed by atoms with Crippen LogP contribution in [0.4, 0.5) is 0 Å². The van der Waals surface area contributed by atoms with Gasteiger partial charge in [0.1, 0.15) is 11.5 Å². The zero-order valence-corrected chi connectivity index (χ0v) is 21.1. The first-order valence-electron chi connectivity index (χ1n) is 13.3. The molecule has 4 rings (SSSR count). The average molecular weight is 501 g/mol.